The third-order valence-electron chi connectivity index (χ3n) is 5.25. The van der Waals surface area contributed by atoms with Gasteiger partial charge in [-0.2, -0.15) is 5.10 Å². The molecule has 138 valence electrons. The minimum absolute atomic E-state index is 0.152. The Kier molecular flexibility index (Phi) is 4.96. The largest absolute Gasteiger partial charge is 0.343 e. The molecule has 0 bridgehead atoms. The molecule has 1 fully saturated rings. The van der Waals surface area contributed by atoms with Crippen molar-refractivity contribution in [3.05, 3.63) is 52.6 Å². The van der Waals surface area contributed by atoms with Gasteiger partial charge < -0.3 is 4.90 Å². The second-order valence-electron chi connectivity index (χ2n) is 7.11. The Bertz CT molecular complexity index is 809. The maximum absolute atomic E-state index is 13.7. The van der Waals surface area contributed by atoms with Crippen LogP contribution >= 0.6 is 11.6 Å². The molecule has 1 amide bonds. The molecule has 2 aliphatic heterocycles. The summed E-state index contributed by atoms with van der Waals surface area (Å²) in [5.41, 5.74) is 2.07. The number of carbonyl (C=O) groups is 1. The number of benzene rings is 1. The molecular formula is C19H22ClFN4O. The summed E-state index contributed by atoms with van der Waals surface area (Å²) < 4.78 is 15.8. The van der Waals surface area contributed by atoms with Gasteiger partial charge in [-0.3, -0.25) is 14.4 Å². The summed E-state index contributed by atoms with van der Waals surface area (Å²) in [5, 5.41) is 4.63. The van der Waals surface area contributed by atoms with E-state index in [0.29, 0.717) is 13.0 Å². The summed E-state index contributed by atoms with van der Waals surface area (Å²) in [6.07, 6.45) is 4.34. The van der Waals surface area contributed by atoms with Crippen molar-refractivity contribution in [2.45, 2.75) is 38.4 Å². The van der Waals surface area contributed by atoms with Crippen LogP contribution in [0.2, 0.25) is 5.02 Å². The van der Waals surface area contributed by atoms with Crippen LogP contribution in [0.5, 0.6) is 0 Å². The minimum atomic E-state index is -0.379. The van der Waals surface area contributed by atoms with Gasteiger partial charge in [-0.1, -0.05) is 17.7 Å². The maximum Gasteiger partial charge on any atom is 0.222 e. The molecule has 3 heterocycles. The summed E-state index contributed by atoms with van der Waals surface area (Å²) in [6.45, 7) is 3.92. The lowest BCUT2D eigenvalue weighted by molar-refractivity contribution is -0.127. The molecule has 1 atom stereocenters. The zero-order chi connectivity index (χ0) is 18.1. The van der Waals surface area contributed by atoms with Crippen molar-refractivity contribution in [3.8, 4) is 0 Å². The van der Waals surface area contributed by atoms with Crippen molar-refractivity contribution in [2.75, 3.05) is 19.6 Å². The molecule has 0 aliphatic carbocycles. The number of halogens is 2. The van der Waals surface area contributed by atoms with Crippen LogP contribution in [-0.2, 0) is 17.9 Å². The lowest BCUT2D eigenvalue weighted by Gasteiger charge is -2.34. The van der Waals surface area contributed by atoms with Gasteiger partial charge in [0.15, 0.2) is 0 Å². The number of hydrogen-bond donors (Lipinski definition) is 0. The zero-order valence-corrected chi connectivity index (χ0v) is 15.3. The van der Waals surface area contributed by atoms with E-state index in [1.54, 1.807) is 6.07 Å². The van der Waals surface area contributed by atoms with Gasteiger partial charge in [0.05, 0.1) is 16.8 Å². The molecule has 0 saturated carbocycles. The van der Waals surface area contributed by atoms with Crippen LogP contribution in [0.3, 0.4) is 0 Å². The molecule has 2 aliphatic rings. The molecule has 5 nitrogen and oxygen atoms in total. The predicted octanol–water partition coefficient (Wildman–Crippen LogP) is 3.25. The molecule has 7 heteroatoms. The number of aromatic nitrogens is 2. The van der Waals surface area contributed by atoms with Crippen LogP contribution in [0.4, 0.5) is 4.39 Å². The molecular weight excluding hydrogens is 355 g/mol. The van der Waals surface area contributed by atoms with E-state index >= 15 is 0 Å². The minimum Gasteiger partial charge on any atom is -0.343 e. The van der Waals surface area contributed by atoms with Gasteiger partial charge in [-0.05, 0) is 36.6 Å². The summed E-state index contributed by atoms with van der Waals surface area (Å²) in [7, 11) is 0. The Morgan fingerprint density at radius 2 is 2.19 bits per heavy atom. The van der Waals surface area contributed by atoms with E-state index in [1.807, 2.05) is 23.2 Å². The van der Waals surface area contributed by atoms with Crippen LogP contribution in [-0.4, -0.2) is 45.1 Å². The summed E-state index contributed by atoms with van der Waals surface area (Å²) in [6, 6.07) is 7.24. The summed E-state index contributed by atoms with van der Waals surface area (Å²) >= 11 is 5.78. The smallest absolute Gasteiger partial charge is 0.222 e. The van der Waals surface area contributed by atoms with Crippen molar-refractivity contribution < 1.29 is 9.18 Å². The highest BCUT2D eigenvalue weighted by molar-refractivity contribution is 6.30. The van der Waals surface area contributed by atoms with Gasteiger partial charge in [0.1, 0.15) is 5.82 Å². The number of rotatable bonds is 5. The van der Waals surface area contributed by atoms with Gasteiger partial charge >= 0.3 is 0 Å². The van der Waals surface area contributed by atoms with Crippen molar-refractivity contribution >= 4 is 17.5 Å². The van der Waals surface area contributed by atoms with Gasteiger partial charge in [0.25, 0.3) is 0 Å². The standard InChI is InChI=1S/C19H22ClFN4O/c20-17-4-3-14(10-18(17)21)11-23-12-15-5-7-22-25(15)16(13-23)6-9-24-8-1-2-19(24)26/h3-5,7,10,16H,1-2,6,8-9,11-13H2. The van der Waals surface area contributed by atoms with Gasteiger partial charge in [-0.25, -0.2) is 4.39 Å². The highest BCUT2D eigenvalue weighted by Gasteiger charge is 2.27. The van der Waals surface area contributed by atoms with E-state index < -0.39 is 0 Å². The van der Waals surface area contributed by atoms with Crippen LogP contribution in [0.15, 0.2) is 30.5 Å². The second-order valence-corrected chi connectivity index (χ2v) is 7.52. The van der Waals surface area contributed by atoms with E-state index in [-0.39, 0.29) is 22.8 Å². The number of carbonyl (C=O) groups excluding carboxylic acids is 1. The highest BCUT2D eigenvalue weighted by Crippen LogP contribution is 2.26. The summed E-state index contributed by atoms with van der Waals surface area (Å²) in [5.74, 6) is -0.120. The van der Waals surface area contributed by atoms with E-state index in [9.17, 15) is 9.18 Å². The molecule has 1 saturated heterocycles. The van der Waals surface area contributed by atoms with E-state index in [2.05, 4.69) is 14.7 Å². The molecule has 0 radical (unpaired) electrons. The SMILES string of the molecule is O=C1CCCN1CCC1CN(Cc2ccc(Cl)c(F)c2)Cc2ccnn21. The fourth-order valence-electron chi connectivity index (χ4n) is 3.94. The Labute approximate surface area is 157 Å². The van der Waals surface area contributed by atoms with Crippen molar-refractivity contribution in [1.29, 1.82) is 0 Å². The van der Waals surface area contributed by atoms with Crippen molar-refractivity contribution in [2.24, 2.45) is 0 Å². The average molecular weight is 377 g/mol. The quantitative estimate of drug-likeness (QED) is 0.804. The van der Waals surface area contributed by atoms with Gasteiger partial charge in [-0.15, -0.1) is 0 Å². The van der Waals surface area contributed by atoms with E-state index in [0.717, 1.165) is 50.3 Å². The predicted molar refractivity (Wildman–Crippen MR) is 97.2 cm³/mol. The lowest BCUT2D eigenvalue weighted by atomic mass is 10.1. The fraction of sp³-hybridized carbons (Fsp3) is 0.474. The Balaban J connectivity index is 1.45. The van der Waals surface area contributed by atoms with Crippen LogP contribution < -0.4 is 0 Å². The first-order valence-electron chi connectivity index (χ1n) is 9.06. The maximum atomic E-state index is 13.7. The zero-order valence-electron chi connectivity index (χ0n) is 14.6. The molecule has 1 aromatic carbocycles. The Hall–Kier alpha value is -1.92. The summed E-state index contributed by atoms with van der Waals surface area (Å²) in [4.78, 5) is 16.1. The third-order valence-corrected chi connectivity index (χ3v) is 5.55. The molecule has 0 spiro atoms. The number of nitrogens with zero attached hydrogens (tertiary/aromatic N) is 4. The molecule has 1 unspecified atom stereocenters. The fourth-order valence-corrected chi connectivity index (χ4v) is 4.06. The average Bonchev–Trinajstić information content (AvgIpc) is 3.25. The first kappa shape index (κ1) is 17.5. The first-order valence-corrected chi connectivity index (χ1v) is 9.44. The highest BCUT2D eigenvalue weighted by atomic mass is 35.5. The molecule has 0 N–H and O–H groups in total. The molecule has 4 rings (SSSR count). The Morgan fingerprint density at radius 1 is 1.31 bits per heavy atom. The second kappa shape index (κ2) is 7.37. The molecule has 2 aromatic rings. The third kappa shape index (κ3) is 3.62. The van der Waals surface area contributed by atoms with E-state index in [4.69, 9.17) is 11.6 Å². The van der Waals surface area contributed by atoms with Crippen LogP contribution in [0.25, 0.3) is 0 Å². The number of hydrogen-bond acceptors (Lipinski definition) is 3. The lowest BCUT2D eigenvalue weighted by Crippen LogP contribution is -2.39. The number of likely N-dealkylation sites (tertiary alicyclic amines) is 1. The van der Waals surface area contributed by atoms with Crippen LogP contribution in [0.1, 0.15) is 36.6 Å². The molecule has 26 heavy (non-hydrogen) atoms. The monoisotopic (exact) mass is 376 g/mol. The van der Waals surface area contributed by atoms with Crippen LogP contribution in [0, 0.1) is 5.82 Å². The topological polar surface area (TPSA) is 41.4 Å². The van der Waals surface area contributed by atoms with Crippen molar-refractivity contribution in [3.63, 3.8) is 0 Å². The Morgan fingerprint density at radius 3 is 2.96 bits per heavy atom. The molecule has 1 aromatic heterocycles. The van der Waals surface area contributed by atoms with E-state index in [1.165, 1.54) is 6.07 Å². The van der Waals surface area contributed by atoms with Crippen molar-refractivity contribution in [1.82, 2.24) is 19.6 Å². The number of amides is 1. The first-order chi connectivity index (χ1) is 12.6. The van der Waals surface area contributed by atoms with Gasteiger partial charge in [0, 0.05) is 45.3 Å². The van der Waals surface area contributed by atoms with Gasteiger partial charge in [0.2, 0.25) is 5.91 Å². The normalized spacial score (nSPS) is 20.6. The number of fused-ring (bicyclic) bond motifs is 1.